The first-order valence-corrected chi connectivity index (χ1v) is 15.7. The first kappa shape index (κ1) is 33.4. The lowest BCUT2D eigenvalue weighted by Gasteiger charge is -2.52. The number of amides is 2. The van der Waals surface area contributed by atoms with Crippen LogP contribution in [-0.4, -0.2) is 85.8 Å². The third kappa shape index (κ3) is 7.28. The number of likely N-dealkylation sites (tertiary alicyclic amines) is 1. The van der Waals surface area contributed by atoms with Gasteiger partial charge in [-0.05, 0) is 55.5 Å². The van der Waals surface area contributed by atoms with Gasteiger partial charge in [-0.1, -0.05) is 26.0 Å². The lowest BCUT2D eigenvalue weighted by Crippen LogP contribution is -2.74. The molecule has 0 bridgehead atoms. The molecule has 0 saturated carbocycles. The second-order valence-corrected chi connectivity index (χ2v) is 12.8. The van der Waals surface area contributed by atoms with Crippen molar-refractivity contribution < 1.29 is 32.6 Å². The topological polar surface area (TPSA) is 138 Å². The lowest BCUT2D eigenvalue weighted by atomic mass is 9.80. The van der Waals surface area contributed by atoms with E-state index in [0.29, 0.717) is 62.0 Å². The summed E-state index contributed by atoms with van der Waals surface area (Å²) < 4.78 is 36.8. The lowest BCUT2D eigenvalue weighted by molar-refractivity contribution is -0.165. The summed E-state index contributed by atoms with van der Waals surface area (Å²) in [7, 11) is -1.93. The molecule has 2 aliphatic heterocycles. The van der Waals surface area contributed by atoms with Crippen molar-refractivity contribution in [1.29, 1.82) is 0 Å². The molecule has 0 aromatic heterocycles. The van der Waals surface area contributed by atoms with Crippen LogP contribution in [-0.2, 0) is 26.2 Å². The molecule has 2 aromatic rings. The maximum absolute atomic E-state index is 13.3. The molecule has 2 aliphatic rings. The Morgan fingerprint density at radius 1 is 1.10 bits per heavy atom. The van der Waals surface area contributed by atoms with E-state index in [-0.39, 0.29) is 30.1 Å². The summed E-state index contributed by atoms with van der Waals surface area (Å²) in [6.07, 6.45) is 1.19. The van der Waals surface area contributed by atoms with Gasteiger partial charge in [0.2, 0.25) is 21.8 Å². The van der Waals surface area contributed by atoms with Gasteiger partial charge < -0.3 is 24.8 Å². The van der Waals surface area contributed by atoms with Crippen LogP contribution < -0.4 is 19.5 Å². The van der Waals surface area contributed by atoms with Gasteiger partial charge in [0.1, 0.15) is 17.3 Å². The Morgan fingerprint density at radius 2 is 1.74 bits per heavy atom. The minimum Gasteiger partial charge on any atom is -0.493 e. The molecule has 1 spiro atoms. The van der Waals surface area contributed by atoms with Gasteiger partial charge in [0.15, 0.2) is 11.5 Å². The number of piperidine rings is 1. The molecule has 232 valence electrons. The number of sulfonamides is 1. The Hall–Kier alpha value is -3.06. The number of piperazine rings is 1. The highest BCUT2D eigenvalue weighted by Gasteiger charge is 2.54. The first-order chi connectivity index (χ1) is 19.4. The van der Waals surface area contributed by atoms with Crippen molar-refractivity contribution in [3.05, 3.63) is 48.0 Å². The highest BCUT2D eigenvalue weighted by Crippen LogP contribution is 2.36. The number of methoxy groups -OCH3 is 1. The van der Waals surface area contributed by atoms with Crippen LogP contribution in [0.5, 0.6) is 17.2 Å². The third-order valence-electron chi connectivity index (χ3n) is 7.81. The van der Waals surface area contributed by atoms with Crippen LogP contribution in [0.1, 0.15) is 39.2 Å². The van der Waals surface area contributed by atoms with Gasteiger partial charge in [-0.25, -0.2) is 8.42 Å². The smallest absolute Gasteiger partial charge is 0.248 e. The van der Waals surface area contributed by atoms with Gasteiger partial charge >= 0.3 is 0 Å². The van der Waals surface area contributed by atoms with E-state index in [1.54, 1.807) is 23.1 Å². The van der Waals surface area contributed by atoms with E-state index >= 15 is 0 Å². The quantitative estimate of drug-likeness (QED) is 0.367. The van der Waals surface area contributed by atoms with Gasteiger partial charge in [0.05, 0.1) is 25.2 Å². The van der Waals surface area contributed by atoms with Gasteiger partial charge in [0.25, 0.3) is 0 Å². The summed E-state index contributed by atoms with van der Waals surface area (Å²) >= 11 is 0. The van der Waals surface area contributed by atoms with Crippen molar-refractivity contribution in [2.75, 3.05) is 37.7 Å². The molecule has 2 fully saturated rings. The number of hydrogen-bond donors (Lipinski definition) is 3. The zero-order valence-electron chi connectivity index (χ0n) is 24.6. The van der Waals surface area contributed by atoms with Crippen LogP contribution in [0.3, 0.4) is 0 Å². The summed E-state index contributed by atoms with van der Waals surface area (Å²) in [6, 6.07) is 11.5. The molecule has 11 nitrogen and oxygen atoms in total. The molecule has 0 radical (unpaired) electrons. The van der Waals surface area contributed by atoms with Crippen LogP contribution in [0.15, 0.2) is 42.5 Å². The van der Waals surface area contributed by atoms with Crippen molar-refractivity contribution in [1.82, 2.24) is 15.1 Å². The van der Waals surface area contributed by atoms with E-state index in [0.717, 1.165) is 11.8 Å². The largest absolute Gasteiger partial charge is 0.493 e. The molecular weight excluding hydrogens is 584 g/mol. The monoisotopic (exact) mass is 624 g/mol. The van der Waals surface area contributed by atoms with E-state index < -0.39 is 27.7 Å². The predicted molar refractivity (Wildman–Crippen MR) is 163 cm³/mol. The second-order valence-electron chi connectivity index (χ2n) is 11.1. The van der Waals surface area contributed by atoms with Crippen molar-refractivity contribution in [3.63, 3.8) is 0 Å². The number of rotatable bonds is 10. The van der Waals surface area contributed by atoms with Crippen molar-refractivity contribution in [2.24, 2.45) is 5.92 Å². The van der Waals surface area contributed by atoms with Crippen LogP contribution in [0, 0.1) is 5.92 Å². The molecular formula is C29H41ClN4O7S. The standard InChI is InChI=1S/C29H40N4O7S.ClH/c1-6-33-27(35)25(26(34)19(2)3)30-28(36)29(33)13-15-32(16-14-29)18-20-7-10-22(11-8-20)40-23-12-9-21(17-24(23)39-4)31-41(5,37)38;/h7-12,17,19,25-26,31,34H,6,13-16,18H2,1-5H3,(H,30,36);1H/t25-,26-;/m1./s1. The van der Waals surface area contributed by atoms with Crippen molar-refractivity contribution in [2.45, 2.75) is 57.8 Å². The number of halogens is 1. The molecule has 2 atom stereocenters. The number of nitrogens with one attached hydrogen (secondary N) is 2. The summed E-state index contributed by atoms with van der Waals surface area (Å²) in [5.41, 5.74) is 0.559. The maximum atomic E-state index is 13.3. The Labute approximate surface area is 254 Å². The molecule has 0 aliphatic carbocycles. The van der Waals surface area contributed by atoms with E-state index in [1.807, 2.05) is 45.0 Å². The summed E-state index contributed by atoms with van der Waals surface area (Å²) in [4.78, 5) is 30.5. The zero-order valence-corrected chi connectivity index (χ0v) is 26.3. The third-order valence-corrected chi connectivity index (χ3v) is 8.41. The van der Waals surface area contributed by atoms with E-state index in [1.165, 1.54) is 7.11 Å². The van der Waals surface area contributed by atoms with Crippen molar-refractivity contribution >= 4 is 39.9 Å². The maximum Gasteiger partial charge on any atom is 0.248 e. The van der Waals surface area contributed by atoms with E-state index in [4.69, 9.17) is 9.47 Å². The molecule has 2 heterocycles. The molecule has 3 N–H and O–H groups in total. The van der Waals surface area contributed by atoms with Gasteiger partial charge in [-0.2, -0.15) is 0 Å². The fourth-order valence-electron chi connectivity index (χ4n) is 5.57. The number of benzene rings is 2. The molecule has 2 saturated heterocycles. The number of ether oxygens (including phenoxy) is 2. The van der Waals surface area contributed by atoms with Gasteiger partial charge in [-0.3, -0.25) is 19.2 Å². The number of likely N-dealkylation sites (N-methyl/N-ethyl adjacent to an activating group) is 1. The fourth-order valence-corrected chi connectivity index (χ4v) is 6.12. The van der Waals surface area contributed by atoms with E-state index in [2.05, 4.69) is 14.9 Å². The Morgan fingerprint density at radius 3 is 2.29 bits per heavy atom. The highest BCUT2D eigenvalue weighted by molar-refractivity contribution is 7.92. The number of hydrogen-bond acceptors (Lipinski definition) is 8. The second kappa shape index (κ2) is 13.5. The SMILES string of the molecule is CCN1C(=O)[C@@H]([C@H](O)C(C)C)NC(=O)C12CCN(Cc1ccc(Oc3ccc(NS(C)(=O)=O)cc3OC)cc1)CC2.Cl. The van der Waals surface area contributed by atoms with Gasteiger partial charge in [-0.15, -0.1) is 12.4 Å². The Bertz CT molecular complexity index is 1360. The molecule has 42 heavy (non-hydrogen) atoms. The zero-order chi connectivity index (χ0) is 29.9. The van der Waals surface area contributed by atoms with E-state index in [9.17, 15) is 23.1 Å². The predicted octanol–water partition coefficient (Wildman–Crippen LogP) is 2.98. The average Bonchev–Trinajstić information content (AvgIpc) is 2.92. The number of carbonyl (C=O) groups is 2. The number of carbonyl (C=O) groups excluding carboxylic acids is 2. The van der Waals surface area contributed by atoms with Crippen LogP contribution in [0.25, 0.3) is 0 Å². The molecule has 0 unspecified atom stereocenters. The minimum absolute atomic E-state index is 0. The van der Waals surface area contributed by atoms with Crippen molar-refractivity contribution in [3.8, 4) is 17.2 Å². The highest BCUT2D eigenvalue weighted by atomic mass is 35.5. The fraction of sp³-hybridized carbons (Fsp3) is 0.517. The van der Waals surface area contributed by atoms with Crippen LogP contribution >= 0.6 is 12.4 Å². The number of aliphatic hydroxyl groups is 1. The number of anilines is 1. The average molecular weight is 625 g/mol. The molecule has 13 heteroatoms. The minimum atomic E-state index is -3.41. The number of aliphatic hydroxyl groups excluding tert-OH is 1. The Kier molecular flexibility index (Phi) is 10.7. The summed E-state index contributed by atoms with van der Waals surface area (Å²) in [5.74, 6) is 0.895. The first-order valence-electron chi connectivity index (χ1n) is 13.8. The van der Waals surface area contributed by atoms with Crippen LogP contribution in [0.2, 0.25) is 0 Å². The molecule has 4 rings (SSSR count). The number of nitrogens with zero attached hydrogens (tertiary/aromatic N) is 2. The summed E-state index contributed by atoms with van der Waals surface area (Å²) in [6.45, 7) is 7.94. The van der Waals surface area contributed by atoms with Crippen LogP contribution in [0.4, 0.5) is 5.69 Å². The molecule has 2 amide bonds. The normalized spacial score (nSPS) is 19.7. The molecule has 2 aromatic carbocycles. The van der Waals surface area contributed by atoms with Gasteiger partial charge in [0, 0.05) is 32.2 Å². The summed E-state index contributed by atoms with van der Waals surface area (Å²) in [5, 5.41) is 13.3. The Balaban J connectivity index is 0.00000484.